The van der Waals surface area contributed by atoms with Crippen LogP contribution in [0.1, 0.15) is 42.5 Å². The van der Waals surface area contributed by atoms with E-state index < -0.39 is 0 Å². The molecule has 0 bridgehead atoms. The average Bonchev–Trinajstić information content (AvgIpc) is 3.11. The van der Waals surface area contributed by atoms with Crippen LogP contribution in [0.2, 0.25) is 5.02 Å². The number of anilines is 1. The predicted molar refractivity (Wildman–Crippen MR) is 115 cm³/mol. The number of nitriles is 1. The van der Waals surface area contributed by atoms with Gasteiger partial charge in [0.05, 0.1) is 16.7 Å². The molecule has 0 radical (unpaired) electrons. The molecule has 1 aromatic heterocycles. The zero-order chi connectivity index (χ0) is 20.4. The Kier molecular flexibility index (Phi) is 5.79. The van der Waals surface area contributed by atoms with Gasteiger partial charge in [-0.3, -0.25) is 5.10 Å². The van der Waals surface area contributed by atoms with Gasteiger partial charge in [0.1, 0.15) is 11.8 Å². The van der Waals surface area contributed by atoms with Crippen LogP contribution in [0.4, 0.5) is 5.82 Å². The fourth-order valence-electron chi connectivity index (χ4n) is 4.04. The van der Waals surface area contributed by atoms with Crippen LogP contribution in [0.3, 0.4) is 0 Å². The van der Waals surface area contributed by atoms with E-state index in [4.69, 9.17) is 21.6 Å². The van der Waals surface area contributed by atoms with Gasteiger partial charge in [0.15, 0.2) is 5.82 Å². The Morgan fingerprint density at radius 3 is 2.76 bits per heavy atom. The first kappa shape index (κ1) is 19.8. The lowest BCUT2D eigenvalue weighted by molar-refractivity contribution is 0.150. The summed E-state index contributed by atoms with van der Waals surface area (Å²) < 4.78 is 6.08. The molecule has 2 aliphatic carbocycles. The molecule has 2 N–H and O–H groups in total. The number of likely N-dealkylation sites (N-methyl/N-ethyl adjacent to an activating group) is 1. The minimum Gasteiger partial charge on any atom is -0.490 e. The van der Waals surface area contributed by atoms with Gasteiger partial charge in [0.25, 0.3) is 0 Å². The van der Waals surface area contributed by atoms with Gasteiger partial charge in [0.2, 0.25) is 0 Å². The van der Waals surface area contributed by atoms with Crippen molar-refractivity contribution < 1.29 is 4.74 Å². The number of benzene rings is 1. The SMILES string of the molecule is CN(C)C1C=Cc2c(N[C@H]3CC[C@H](Oc4ccc(C#N)c(Cl)c4)CC3)n[nH]c2C1. The topological polar surface area (TPSA) is 77.0 Å². The van der Waals surface area contributed by atoms with Gasteiger partial charge in [0, 0.05) is 35.8 Å². The number of hydrogen-bond donors (Lipinski definition) is 2. The summed E-state index contributed by atoms with van der Waals surface area (Å²) in [6.07, 6.45) is 9.56. The van der Waals surface area contributed by atoms with Crippen LogP contribution in [0.25, 0.3) is 6.08 Å². The van der Waals surface area contributed by atoms with Gasteiger partial charge in [-0.1, -0.05) is 23.8 Å². The molecule has 0 spiro atoms. The van der Waals surface area contributed by atoms with Crippen LogP contribution in [-0.2, 0) is 6.42 Å². The Morgan fingerprint density at radius 2 is 2.07 bits per heavy atom. The molecule has 0 saturated heterocycles. The number of aromatic amines is 1. The van der Waals surface area contributed by atoms with E-state index in [9.17, 15) is 0 Å². The third-order valence-electron chi connectivity index (χ3n) is 5.82. The number of rotatable bonds is 5. The van der Waals surface area contributed by atoms with Crippen molar-refractivity contribution in [3.63, 3.8) is 0 Å². The van der Waals surface area contributed by atoms with Crippen LogP contribution in [0.15, 0.2) is 24.3 Å². The maximum absolute atomic E-state index is 8.98. The van der Waals surface area contributed by atoms with Gasteiger partial charge in [-0.15, -0.1) is 0 Å². The lowest BCUT2D eigenvalue weighted by Gasteiger charge is -2.30. The summed E-state index contributed by atoms with van der Waals surface area (Å²) >= 11 is 6.10. The molecule has 0 amide bonds. The Labute approximate surface area is 176 Å². The van der Waals surface area contributed by atoms with Crippen LogP contribution in [-0.4, -0.2) is 47.4 Å². The predicted octanol–water partition coefficient (Wildman–Crippen LogP) is 4.24. The summed E-state index contributed by atoms with van der Waals surface area (Å²) in [6, 6.07) is 8.14. The van der Waals surface area contributed by atoms with E-state index in [1.807, 2.05) is 6.07 Å². The molecule has 2 aromatic rings. The van der Waals surface area contributed by atoms with Gasteiger partial charge in [-0.2, -0.15) is 10.4 Å². The van der Waals surface area contributed by atoms with E-state index >= 15 is 0 Å². The highest BCUT2D eigenvalue weighted by Gasteiger charge is 2.26. The number of H-pyrrole nitrogens is 1. The molecule has 1 aromatic carbocycles. The molecule has 1 saturated carbocycles. The summed E-state index contributed by atoms with van der Waals surface area (Å²) in [5.74, 6) is 1.68. The van der Waals surface area contributed by atoms with E-state index in [-0.39, 0.29) is 6.10 Å². The first-order valence-corrected chi connectivity index (χ1v) is 10.5. The van der Waals surface area contributed by atoms with Crippen molar-refractivity contribution >= 4 is 23.5 Å². The summed E-state index contributed by atoms with van der Waals surface area (Å²) in [5.41, 5.74) is 2.86. The van der Waals surface area contributed by atoms with Crippen molar-refractivity contribution in [1.29, 1.82) is 5.26 Å². The normalized spacial score (nSPS) is 23.5. The van der Waals surface area contributed by atoms with E-state index in [2.05, 4.69) is 52.7 Å². The van der Waals surface area contributed by atoms with Crippen molar-refractivity contribution in [3.8, 4) is 11.8 Å². The fourth-order valence-corrected chi connectivity index (χ4v) is 4.25. The van der Waals surface area contributed by atoms with Crippen LogP contribution >= 0.6 is 11.6 Å². The number of fused-ring (bicyclic) bond motifs is 1. The third-order valence-corrected chi connectivity index (χ3v) is 6.14. The van der Waals surface area contributed by atoms with E-state index in [0.717, 1.165) is 43.7 Å². The van der Waals surface area contributed by atoms with Crippen LogP contribution < -0.4 is 10.1 Å². The first-order valence-electron chi connectivity index (χ1n) is 10.1. The van der Waals surface area contributed by atoms with Gasteiger partial charge in [-0.05, 0) is 51.9 Å². The zero-order valence-electron chi connectivity index (χ0n) is 16.8. The number of aromatic nitrogens is 2. The minimum atomic E-state index is 0.172. The second kappa shape index (κ2) is 8.48. The quantitative estimate of drug-likeness (QED) is 0.769. The second-order valence-electron chi connectivity index (χ2n) is 8.05. The fraction of sp³-hybridized carbons (Fsp3) is 0.455. The Morgan fingerprint density at radius 1 is 1.28 bits per heavy atom. The molecule has 152 valence electrons. The summed E-state index contributed by atoms with van der Waals surface area (Å²) in [4.78, 5) is 2.22. The van der Waals surface area contributed by atoms with E-state index in [1.54, 1.807) is 12.1 Å². The highest BCUT2D eigenvalue weighted by atomic mass is 35.5. The molecule has 1 heterocycles. The lowest BCUT2D eigenvalue weighted by Crippen LogP contribution is -2.32. The van der Waals surface area contributed by atoms with Crippen molar-refractivity contribution in [2.24, 2.45) is 0 Å². The number of hydrogen-bond acceptors (Lipinski definition) is 5. The maximum Gasteiger partial charge on any atom is 0.155 e. The largest absolute Gasteiger partial charge is 0.490 e. The average molecular weight is 412 g/mol. The smallest absolute Gasteiger partial charge is 0.155 e. The summed E-state index contributed by atoms with van der Waals surface area (Å²) in [5, 5.41) is 20.8. The maximum atomic E-state index is 8.98. The molecule has 0 aliphatic heterocycles. The van der Waals surface area contributed by atoms with E-state index in [1.165, 1.54) is 11.3 Å². The minimum absolute atomic E-state index is 0.172. The van der Waals surface area contributed by atoms with Crippen molar-refractivity contribution in [3.05, 3.63) is 46.1 Å². The number of ether oxygens (including phenoxy) is 1. The number of nitrogens with one attached hydrogen (secondary N) is 2. The van der Waals surface area contributed by atoms with Crippen LogP contribution in [0.5, 0.6) is 5.75 Å². The van der Waals surface area contributed by atoms with Gasteiger partial charge in [-0.25, -0.2) is 0 Å². The van der Waals surface area contributed by atoms with Gasteiger partial charge < -0.3 is 15.0 Å². The lowest BCUT2D eigenvalue weighted by atomic mass is 9.92. The summed E-state index contributed by atoms with van der Waals surface area (Å²) in [7, 11) is 4.20. The Bertz CT molecular complexity index is 937. The Hall–Kier alpha value is -2.49. The highest BCUT2D eigenvalue weighted by Crippen LogP contribution is 2.30. The third kappa shape index (κ3) is 4.42. The molecule has 1 atom stereocenters. The molecular weight excluding hydrogens is 386 g/mol. The van der Waals surface area contributed by atoms with Crippen LogP contribution in [0, 0.1) is 11.3 Å². The van der Waals surface area contributed by atoms with Crippen molar-refractivity contribution in [2.45, 2.75) is 50.3 Å². The zero-order valence-corrected chi connectivity index (χ0v) is 17.5. The molecule has 6 nitrogen and oxygen atoms in total. The second-order valence-corrected chi connectivity index (χ2v) is 8.46. The Balaban J connectivity index is 1.31. The highest BCUT2D eigenvalue weighted by molar-refractivity contribution is 6.31. The molecule has 4 rings (SSSR count). The molecule has 29 heavy (non-hydrogen) atoms. The molecule has 1 fully saturated rings. The van der Waals surface area contributed by atoms with Crippen molar-refractivity contribution in [1.82, 2.24) is 15.1 Å². The summed E-state index contributed by atoms with van der Waals surface area (Å²) in [6.45, 7) is 0. The molecule has 2 aliphatic rings. The molecule has 1 unspecified atom stereocenters. The van der Waals surface area contributed by atoms with Crippen molar-refractivity contribution in [2.75, 3.05) is 19.4 Å². The molecule has 7 heteroatoms. The van der Waals surface area contributed by atoms with Gasteiger partial charge >= 0.3 is 0 Å². The number of nitrogens with zero attached hydrogens (tertiary/aromatic N) is 3. The molecular formula is C22H26ClN5O. The van der Waals surface area contributed by atoms with E-state index in [0.29, 0.717) is 22.7 Å². The first-order chi connectivity index (χ1) is 14.0. The monoisotopic (exact) mass is 411 g/mol. The standard InChI is InChI=1S/C22H26ClN5O/c1-28(2)16-6-10-19-21(11-16)26-27-22(19)25-15-4-8-17(9-5-15)29-18-7-3-14(13-24)20(23)12-18/h3,6-7,10,12,15-17H,4-5,8-9,11H2,1-2H3,(H2,25,26,27)/t15-,16?,17-. The number of halogens is 1.